The Balaban J connectivity index is 1.85. The van der Waals surface area contributed by atoms with E-state index in [1.165, 1.54) is 0 Å². The quantitative estimate of drug-likeness (QED) is 0.874. The van der Waals surface area contributed by atoms with Gasteiger partial charge in [-0.05, 0) is 46.3 Å². The molecule has 1 fully saturated rings. The van der Waals surface area contributed by atoms with Gasteiger partial charge in [-0.15, -0.1) is 0 Å². The van der Waals surface area contributed by atoms with Crippen LogP contribution in [-0.2, 0) is 4.79 Å². The molecular weight excluding hydrogens is 254 g/mol. The van der Waals surface area contributed by atoms with Crippen LogP contribution in [0.5, 0.6) is 0 Å². The van der Waals surface area contributed by atoms with Gasteiger partial charge in [0.25, 0.3) is 0 Å². The molecule has 5 nitrogen and oxygen atoms in total. The Morgan fingerprint density at radius 1 is 1.45 bits per heavy atom. The molecule has 0 aliphatic carbocycles. The number of furan rings is 1. The van der Waals surface area contributed by atoms with Gasteiger partial charge in [0.2, 0.25) is 5.91 Å². The Labute approximate surface area is 120 Å². The summed E-state index contributed by atoms with van der Waals surface area (Å²) in [5, 5.41) is 6.40. The summed E-state index contributed by atoms with van der Waals surface area (Å²) in [5.41, 5.74) is 1.06. The molecule has 0 aromatic carbocycles. The van der Waals surface area contributed by atoms with Gasteiger partial charge in [-0.25, -0.2) is 0 Å². The van der Waals surface area contributed by atoms with E-state index in [0.29, 0.717) is 6.54 Å². The van der Waals surface area contributed by atoms with Crippen molar-refractivity contribution in [3.05, 3.63) is 23.2 Å². The van der Waals surface area contributed by atoms with Gasteiger partial charge in [0.15, 0.2) is 0 Å². The van der Waals surface area contributed by atoms with Crippen LogP contribution >= 0.6 is 0 Å². The molecule has 112 valence electrons. The van der Waals surface area contributed by atoms with E-state index in [0.717, 1.165) is 49.7 Å². The summed E-state index contributed by atoms with van der Waals surface area (Å²) in [6, 6.07) is 1.99. The van der Waals surface area contributed by atoms with Crippen LogP contribution < -0.4 is 10.6 Å². The second kappa shape index (κ2) is 6.90. The first-order valence-electron chi connectivity index (χ1n) is 7.35. The molecule has 2 rings (SSSR count). The van der Waals surface area contributed by atoms with Crippen molar-refractivity contribution >= 4 is 5.91 Å². The average Bonchev–Trinajstić information content (AvgIpc) is 2.59. The highest BCUT2D eigenvalue weighted by Crippen LogP contribution is 2.20. The summed E-state index contributed by atoms with van der Waals surface area (Å²) in [7, 11) is 0. The second-order valence-electron chi connectivity index (χ2n) is 5.54. The fraction of sp³-hybridized carbons (Fsp3) is 0.667. The fourth-order valence-corrected chi connectivity index (χ4v) is 2.71. The van der Waals surface area contributed by atoms with Crippen molar-refractivity contribution in [3.63, 3.8) is 0 Å². The number of rotatable bonds is 4. The number of hydrogen-bond acceptors (Lipinski definition) is 4. The monoisotopic (exact) mass is 279 g/mol. The standard InChI is InChI=1S/C15H25N3O2/c1-11-9-14(13(3)20-11)12(2)17-15(19)10-18-7-4-5-16-6-8-18/h9,12,16H,4-8,10H2,1-3H3,(H,17,19). The van der Waals surface area contributed by atoms with Crippen LogP contribution in [0.1, 0.15) is 36.5 Å². The third-order valence-corrected chi connectivity index (χ3v) is 3.72. The van der Waals surface area contributed by atoms with Gasteiger partial charge in [0, 0.05) is 18.7 Å². The Morgan fingerprint density at radius 2 is 2.25 bits per heavy atom. The smallest absolute Gasteiger partial charge is 0.234 e. The lowest BCUT2D eigenvalue weighted by molar-refractivity contribution is -0.122. The lowest BCUT2D eigenvalue weighted by Gasteiger charge is -2.20. The maximum absolute atomic E-state index is 12.1. The molecule has 1 aromatic heterocycles. The van der Waals surface area contributed by atoms with Crippen LogP contribution in [-0.4, -0.2) is 43.5 Å². The van der Waals surface area contributed by atoms with E-state index in [-0.39, 0.29) is 11.9 Å². The van der Waals surface area contributed by atoms with E-state index >= 15 is 0 Å². The van der Waals surface area contributed by atoms with E-state index < -0.39 is 0 Å². The van der Waals surface area contributed by atoms with E-state index in [4.69, 9.17) is 4.42 Å². The van der Waals surface area contributed by atoms with Gasteiger partial charge in [-0.1, -0.05) is 0 Å². The first-order valence-corrected chi connectivity index (χ1v) is 7.35. The van der Waals surface area contributed by atoms with E-state index in [1.807, 2.05) is 26.8 Å². The zero-order chi connectivity index (χ0) is 14.5. The molecule has 2 heterocycles. The molecule has 2 N–H and O–H groups in total. The highest BCUT2D eigenvalue weighted by Gasteiger charge is 2.17. The molecule has 0 saturated carbocycles. The number of carbonyl (C=O) groups excluding carboxylic acids is 1. The molecule has 20 heavy (non-hydrogen) atoms. The third-order valence-electron chi connectivity index (χ3n) is 3.72. The van der Waals surface area contributed by atoms with Crippen LogP contribution in [0.2, 0.25) is 0 Å². The summed E-state index contributed by atoms with van der Waals surface area (Å²) >= 11 is 0. The number of amides is 1. The summed E-state index contributed by atoms with van der Waals surface area (Å²) in [4.78, 5) is 14.3. The SMILES string of the molecule is Cc1cc(C(C)NC(=O)CN2CCCNCC2)c(C)o1. The van der Waals surface area contributed by atoms with Crippen LogP contribution in [0.25, 0.3) is 0 Å². The van der Waals surface area contributed by atoms with E-state index in [2.05, 4.69) is 15.5 Å². The molecule has 5 heteroatoms. The van der Waals surface area contributed by atoms with Gasteiger partial charge in [0.1, 0.15) is 11.5 Å². The highest BCUT2D eigenvalue weighted by molar-refractivity contribution is 5.78. The first-order chi connectivity index (χ1) is 9.56. The largest absolute Gasteiger partial charge is 0.466 e. The molecule has 0 bridgehead atoms. The molecular formula is C15H25N3O2. The molecule has 1 aliphatic heterocycles. The minimum atomic E-state index is -0.00921. The number of carbonyl (C=O) groups is 1. The zero-order valence-corrected chi connectivity index (χ0v) is 12.7. The number of nitrogens with zero attached hydrogens (tertiary/aromatic N) is 1. The minimum Gasteiger partial charge on any atom is -0.466 e. The van der Waals surface area contributed by atoms with Gasteiger partial charge < -0.3 is 15.1 Å². The molecule has 0 spiro atoms. The predicted octanol–water partition coefficient (Wildman–Crippen LogP) is 1.37. The molecule has 0 radical (unpaired) electrons. The van der Waals surface area contributed by atoms with Crippen molar-refractivity contribution < 1.29 is 9.21 Å². The van der Waals surface area contributed by atoms with E-state index in [1.54, 1.807) is 0 Å². The van der Waals surface area contributed by atoms with Crippen molar-refractivity contribution in [1.29, 1.82) is 0 Å². The maximum atomic E-state index is 12.1. The van der Waals surface area contributed by atoms with Crippen molar-refractivity contribution in [2.75, 3.05) is 32.7 Å². The Bertz CT molecular complexity index is 448. The summed E-state index contributed by atoms with van der Waals surface area (Å²) in [5.74, 6) is 1.85. The normalized spacial score (nSPS) is 18.6. The summed E-state index contributed by atoms with van der Waals surface area (Å²) in [6.07, 6.45) is 1.10. The molecule has 1 unspecified atom stereocenters. The topological polar surface area (TPSA) is 57.5 Å². The van der Waals surface area contributed by atoms with Gasteiger partial charge >= 0.3 is 0 Å². The van der Waals surface area contributed by atoms with Crippen molar-refractivity contribution in [2.24, 2.45) is 0 Å². The maximum Gasteiger partial charge on any atom is 0.234 e. The zero-order valence-electron chi connectivity index (χ0n) is 12.7. The average molecular weight is 279 g/mol. The lowest BCUT2D eigenvalue weighted by atomic mass is 10.1. The highest BCUT2D eigenvalue weighted by atomic mass is 16.3. The van der Waals surface area contributed by atoms with Gasteiger partial charge in [-0.3, -0.25) is 9.69 Å². The van der Waals surface area contributed by atoms with Crippen molar-refractivity contribution in [3.8, 4) is 0 Å². The number of hydrogen-bond donors (Lipinski definition) is 2. The minimum absolute atomic E-state index is 0.00921. The van der Waals surface area contributed by atoms with Crippen LogP contribution in [0, 0.1) is 13.8 Å². The second-order valence-corrected chi connectivity index (χ2v) is 5.54. The van der Waals surface area contributed by atoms with Crippen molar-refractivity contribution in [1.82, 2.24) is 15.5 Å². The Morgan fingerprint density at radius 3 is 2.95 bits per heavy atom. The first kappa shape index (κ1) is 15.1. The predicted molar refractivity (Wildman–Crippen MR) is 78.7 cm³/mol. The lowest BCUT2D eigenvalue weighted by Crippen LogP contribution is -2.39. The van der Waals surface area contributed by atoms with Gasteiger partial charge in [0.05, 0.1) is 12.6 Å². The Kier molecular flexibility index (Phi) is 5.20. The van der Waals surface area contributed by atoms with Crippen LogP contribution in [0.15, 0.2) is 10.5 Å². The van der Waals surface area contributed by atoms with Crippen LogP contribution in [0.3, 0.4) is 0 Å². The van der Waals surface area contributed by atoms with Crippen molar-refractivity contribution in [2.45, 2.75) is 33.2 Å². The van der Waals surface area contributed by atoms with E-state index in [9.17, 15) is 4.79 Å². The fourth-order valence-electron chi connectivity index (χ4n) is 2.71. The molecule has 1 amide bonds. The summed E-state index contributed by atoms with van der Waals surface area (Å²) < 4.78 is 5.51. The van der Waals surface area contributed by atoms with Gasteiger partial charge in [-0.2, -0.15) is 0 Å². The molecule has 1 saturated heterocycles. The summed E-state index contributed by atoms with van der Waals surface area (Å²) in [6.45, 7) is 10.3. The molecule has 1 atom stereocenters. The Hall–Kier alpha value is -1.33. The molecule has 1 aliphatic rings. The number of aryl methyl sites for hydroxylation is 2. The molecule has 1 aromatic rings. The van der Waals surface area contributed by atoms with Crippen LogP contribution in [0.4, 0.5) is 0 Å². The number of nitrogens with one attached hydrogen (secondary N) is 2. The third kappa shape index (κ3) is 4.08.